The van der Waals surface area contributed by atoms with Crippen LogP contribution in [0.25, 0.3) is 0 Å². The van der Waals surface area contributed by atoms with Crippen molar-refractivity contribution in [1.29, 1.82) is 5.26 Å². The summed E-state index contributed by atoms with van der Waals surface area (Å²) in [5, 5.41) is 22.4. The molecule has 3 N–H and O–H groups in total. The fourth-order valence-electron chi connectivity index (χ4n) is 1.50. The van der Waals surface area contributed by atoms with E-state index in [4.69, 9.17) is 10.4 Å². The molecular formula is C13H15N3O3. The van der Waals surface area contributed by atoms with Crippen LogP contribution >= 0.6 is 0 Å². The summed E-state index contributed by atoms with van der Waals surface area (Å²) in [6.07, 6.45) is 1.03. The molecule has 0 radical (unpaired) electrons. The molecule has 1 aromatic carbocycles. The predicted molar refractivity (Wildman–Crippen MR) is 69.6 cm³/mol. The van der Waals surface area contributed by atoms with Gasteiger partial charge in [0.1, 0.15) is 6.04 Å². The number of carboxylic acid groups (broad SMARTS) is 1. The van der Waals surface area contributed by atoms with Crippen LogP contribution in [-0.4, -0.2) is 23.1 Å². The van der Waals surface area contributed by atoms with Gasteiger partial charge in [-0.2, -0.15) is 5.26 Å². The lowest BCUT2D eigenvalue weighted by molar-refractivity contribution is -0.139. The molecule has 0 aromatic heterocycles. The van der Waals surface area contributed by atoms with Crippen LogP contribution in [0.1, 0.15) is 25.3 Å². The normalized spacial score (nSPS) is 11.2. The number of anilines is 1. The van der Waals surface area contributed by atoms with E-state index in [0.29, 0.717) is 24.1 Å². The summed E-state index contributed by atoms with van der Waals surface area (Å²) in [7, 11) is 0. The number of nitriles is 1. The van der Waals surface area contributed by atoms with E-state index in [1.165, 1.54) is 0 Å². The van der Waals surface area contributed by atoms with Gasteiger partial charge in [-0.1, -0.05) is 13.3 Å². The summed E-state index contributed by atoms with van der Waals surface area (Å²) in [6, 6.07) is 6.77. The summed E-state index contributed by atoms with van der Waals surface area (Å²) >= 11 is 0. The third-order valence-corrected chi connectivity index (χ3v) is 2.45. The molecule has 100 valence electrons. The quantitative estimate of drug-likeness (QED) is 0.753. The number of hydrogen-bond acceptors (Lipinski definition) is 3. The summed E-state index contributed by atoms with van der Waals surface area (Å²) in [5.74, 6) is -1.06. The fraction of sp³-hybridized carbons (Fsp3) is 0.308. The van der Waals surface area contributed by atoms with E-state index in [2.05, 4.69) is 10.6 Å². The Morgan fingerprint density at radius 3 is 2.47 bits per heavy atom. The van der Waals surface area contributed by atoms with Crippen molar-refractivity contribution in [3.8, 4) is 6.07 Å². The summed E-state index contributed by atoms with van der Waals surface area (Å²) in [4.78, 5) is 22.5. The molecule has 6 nitrogen and oxygen atoms in total. The number of aliphatic carboxylic acids is 1. The highest BCUT2D eigenvalue weighted by molar-refractivity contribution is 5.92. The minimum Gasteiger partial charge on any atom is -0.480 e. The molecule has 0 saturated heterocycles. The van der Waals surface area contributed by atoms with E-state index >= 15 is 0 Å². The Hall–Kier alpha value is -2.55. The molecule has 1 atom stereocenters. The van der Waals surface area contributed by atoms with Gasteiger partial charge in [-0.05, 0) is 30.7 Å². The molecule has 19 heavy (non-hydrogen) atoms. The number of amides is 2. The summed E-state index contributed by atoms with van der Waals surface area (Å²) < 4.78 is 0. The number of benzene rings is 1. The van der Waals surface area contributed by atoms with Gasteiger partial charge in [-0.3, -0.25) is 0 Å². The molecule has 0 saturated carbocycles. The van der Waals surface area contributed by atoms with E-state index in [-0.39, 0.29) is 0 Å². The van der Waals surface area contributed by atoms with Crippen LogP contribution in [0.15, 0.2) is 24.3 Å². The maximum absolute atomic E-state index is 11.6. The van der Waals surface area contributed by atoms with Gasteiger partial charge < -0.3 is 15.7 Å². The molecule has 2 amide bonds. The molecule has 6 heteroatoms. The molecule has 0 unspecified atom stereocenters. The molecule has 0 bridgehead atoms. The van der Waals surface area contributed by atoms with E-state index in [1.807, 2.05) is 13.0 Å². The van der Waals surface area contributed by atoms with Crippen LogP contribution in [0.2, 0.25) is 0 Å². The van der Waals surface area contributed by atoms with E-state index in [1.54, 1.807) is 24.3 Å². The maximum atomic E-state index is 11.6. The van der Waals surface area contributed by atoms with Crippen LogP contribution in [0.3, 0.4) is 0 Å². The Labute approximate surface area is 111 Å². The molecule has 1 rings (SSSR count). The van der Waals surface area contributed by atoms with Gasteiger partial charge in [-0.25, -0.2) is 9.59 Å². The minimum absolute atomic E-state index is 0.371. The van der Waals surface area contributed by atoms with Gasteiger partial charge in [0.25, 0.3) is 0 Å². The highest BCUT2D eigenvalue weighted by atomic mass is 16.4. The zero-order valence-electron chi connectivity index (χ0n) is 10.5. The predicted octanol–water partition coefficient (Wildman–Crippen LogP) is 1.93. The average molecular weight is 261 g/mol. The maximum Gasteiger partial charge on any atom is 0.326 e. The van der Waals surface area contributed by atoms with Gasteiger partial charge in [0.2, 0.25) is 0 Å². The lowest BCUT2D eigenvalue weighted by Crippen LogP contribution is -2.42. The molecule has 0 aliphatic heterocycles. The van der Waals surface area contributed by atoms with Crippen LogP contribution in [0.4, 0.5) is 10.5 Å². The highest BCUT2D eigenvalue weighted by Gasteiger charge is 2.18. The van der Waals surface area contributed by atoms with E-state index in [0.717, 1.165) is 0 Å². The average Bonchev–Trinajstić information content (AvgIpc) is 2.39. The Balaban J connectivity index is 2.58. The second kappa shape index (κ2) is 7.01. The first-order valence-corrected chi connectivity index (χ1v) is 5.87. The second-order valence-electron chi connectivity index (χ2n) is 3.97. The standard InChI is InChI=1S/C13H15N3O3/c1-2-3-11(12(17)18)16-13(19)15-10-6-4-9(8-14)5-7-10/h4-7,11H,2-3H2,1H3,(H,17,18)(H2,15,16,19)/t11-/m1/s1. The van der Waals surface area contributed by atoms with E-state index in [9.17, 15) is 9.59 Å². The molecular weight excluding hydrogens is 246 g/mol. The first-order valence-electron chi connectivity index (χ1n) is 5.87. The number of rotatable bonds is 5. The Morgan fingerprint density at radius 2 is 2.00 bits per heavy atom. The third-order valence-electron chi connectivity index (χ3n) is 2.45. The first-order chi connectivity index (χ1) is 9.06. The number of carbonyl (C=O) groups excluding carboxylic acids is 1. The van der Waals surface area contributed by atoms with Gasteiger partial charge in [0.15, 0.2) is 0 Å². The van der Waals surface area contributed by atoms with Crippen molar-refractivity contribution < 1.29 is 14.7 Å². The largest absolute Gasteiger partial charge is 0.480 e. The Kier molecular flexibility index (Phi) is 5.35. The summed E-state index contributed by atoms with van der Waals surface area (Å²) in [5.41, 5.74) is 0.984. The number of hydrogen-bond donors (Lipinski definition) is 3. The van der Waals surface area contributed by atoms with E-state index < -0.39 is 18.0 Å². The van der Waals surface area contributed by atoms with Crippen LogP contribution in [0, 0.1) is 11.3 Å². The van der Waals surface area contributed by atoms with Crippen molar-refractivity contribution in [1.82, 2.24) is 5.32 Å². The molecule has 0 fully saturated rings. The molecule has 0 spiro atoms. The number of urea groups is 1. The smallest absolute Gasteiger partial charge is 0.326 e. The van der Waals surface area contributed by atoms with Gasteiger partial charge in [0, 0.05) is 5.69 Å². The van der Waals surface area contributed by atoms with Gasteiger partial charge >= 0.3 is 12.0 Å². The topological polar surface area (TPSA) is 102 Å². The van der Waals surface area contributed by atoms with Gasteiger partial charge in [-0.15, -0.1) is 0 Å². The second-order valence-corrected chi connectivity index (χ2v) is 3.97. The zero-order valence-corrected chi connectivity index (χ0v) is 10.5. The van der Waals surface area contributed by atoms with Crippen molar-refractivity contribution in [2.75, 3.05) is 5.32 Å². The van der Waals surface area contributed by atoms with Crippen LogP contribution in [0.5, 0.6) is 0 Å². The monoisotopic (exact) mass is 261 g/mol. The summed E-state index contributed by atoms with van der Waals surface area (Å²) in [6.45, 7) is 1.84. The third kappa shape index (κ3) is 4.68. The van der Waals surface area contributed by atoms with Crippen molar-refractivity contribution in [2.24, 2.45) is 0 Å². The highest BCUT2D eigenvalue weighted by Crippen LogP contribution is 2.08. The minimum atomic E-state index is -1.06. The Morgan fingerprint density at radius 1 is 1.37 bits per heavy atom. The van der Waals surface area contributed by atoms with Crippen molar-refractivity contribution in [3.05, 3.63) is 29.8 Å². The molecule has 0 aliphatic rings. The fourth-order valence-corrected chi connectivity index (χ4v) is 1.50. The lowest BCUT2D eigenvalue weighted by Gasteiger charge is -2.14. The molecule has 0 aliphatic carbocycles. The van der Waals surface area contributed by atoms with Crippen molar-refractivity contribution in [2.45, 2.75) is 25.8 Å². The van der Waals surface area contributed by atoms with Crippen LogP contribution in [-0.2, 0) is 4.79 Å². The molecule has 0 heterocycles. The van der Waals surface area contributed by atoms with Crippen LogP contribution < -0.4 is 10.6 Å². The number of nitrogens with zero attached hydrogens (tertiary/aromatic N) is 1. The zero-order chi connectivity index (χ0) is 14.3. The SMILES string of the molecule is CCC[C@@H](NC(=O)Nc1ccc(C#N)cc1)C(=O)O. The van der Waals surface area contributed by atoms with Crippen molar-refractivity contribution in [3.63, 3.8) is 0 Å². The molecule has 1 aromatic rings. The Bertz CT molecular complexity index is 491. The van der Waals surface area contributed by atoms with Gasteiger partial charge in [0.05, 0.1) is 11.6 Å². The number of carboxylic acids is 1. The van der Waals surface area contributed by atoms with Crippen molar-refractivity contribution >= 4 is 17.7 Å². The lowest BCUT2D eigenvalue weighted by atomic mass is 10.2. The number of carbonyl (C=O) groups is 2. The first kappa shape index (κ1) is 14.5. The number of nitrogens with one attached hydrogen (secondary N) is 2.